The molecule has 1 aromatic heterocycles. The average molecular weight is 302 g/mol. The molecule has 6 heteroatoms. The summed E-state index contributed by atoms with van der Waals surface area (Å²) in [5, 5.41) is 3.07. The third-order valence-electron chi connectivity index (χ3n) is 3.41. The van der Waals surface area contributed by atoms with Gasteiger partial charge in [-0.1, -0.05) is 13.3 Å². The zero-order valence-electron chi connectivity index (χ0n) is 11.5. The highest BCUT2D eigenvalue weighted by Gasteiger charge is 2.39. The zero-order valence-corrected chi connectivity index (χ0v) is 13.1. The fourth-order valence-electron chi connectivity index (χ4n) is 2.22. The minimum atomic E-state index is -3.30. The van der Waals surface area contributed by atoms with E-state index >= 15 is 0 Å². The molecule has 108 valence electrons. The first-order valence-corrected chi connectivity index (χ1v) is 9.12. The molecule has 1 heterocycles. The Balaban J connectivity index is 1.94. The Morgan fingerprint density at radius 3 is 2.89 bits per heavy atom. The predicted octanol–water partition coefficient (Wildman–Crippen LogP) is 1.98. The average Bonchev–Trinajstić information content (AvgIpc) is 2.91. The van der Waals surface area contributed by atoms with Gasteiger partial charge in [0.25, 0.3) is 0 Å². The van der Waals surface area contributed by atoms with Crippen LogP contribution in [-0.4, -0.2) is 28.1 Å². The third kappa shape index (κ3) is 4.02. The number of sulfonamides is 1. The van der Waals surface area contributed by atoms with Gasteiger partial charge in [0.1, 0.15) is 4.21 Å². The van der Waals surface area contributed by atoms with Gasteiger partial charge in [-0.15, -0.1) is 11.3 Å². The van der Waals surface area contributed by atoms with Crippen molar-refractivity contribution in [2.24, 2.45) is 5.92 Å². The van der Waals surface area contributed by atoms with Crippen LogP contribution in [-0.2, 0) is 16.4 Å². The van der Waals surface area contributed by atoms with E-state index in [0.717, 1.165) is 37.1 Å². The Kier molecular flexibility index (Phi) is 5.00. The summed E-state index contributed by atoms with van der Waals surface area (Å²) in [5.74, 6) is 0.545. The van der Waals surface area contributed by atoms with Crippen LogP contribution in [0.5, 0.6) is 0 Å². The maximum atomic E-state index is 12.2. The highest BCUT2D eigenvalue weighted by atomic mass is 32.2. The van der Waals surface area contributed by atoms with Gasteiger partial charge in [0, 0.05) is 10.9 Å². The van der Waals surface area contributed by atoms with Gasteiger partial charge in [-0.2, -0.15) is 0 Å². The molecule has 2 N–H and O–H groups in total. The quantitative estimate of drug-likeness (QED) is 0.772. The van der Waals surface area contributed by atoms with Crippen LogP contribution in [0.15, 0.2) is 16.3 Å². The minimum Gasteiger partial charge on any atom is -0.319 e. The number of likely N-dealkylation sites (N-methyl/N-ethyl adjacent to an activating group) is 1. The summed E-state index contributed by atoms with van der Waals surface area (Å²) in [5.41, 5.74) is 0. The number of rotatable bonds is 8. The first-order chi connectivity index (χ1) is 9.06. The minimum absolute atomic E-state index is 0.160. The van der Waals surface area contributed by atoms with Crippen LogP contribution in [0.25, 0.3) is 0 Å². The highest BCUT2D eigenvalue weighted by molar-refractivity contribution is 7.91. The summed E-state index contributed by atoms with van der Waals surface area (Å²) in [7, 11) is -1.41. The van der Waals surface area contributed by atoms with Gasteiger partial charge in [0.2, 0.25) is 10.0 Å². The molecule has 2 unspecified atom stereocenters. The second-order valence-electron chi connectivity index (χ2n) is 5.09. The largest absolute Gasteiger partial charge is 0.319 e. The Bertz CT molecular complexity index is 510. The SMILES string of the molecule is CCCC1CC1NS(=O)(=O)c1ccc(CCNC)s1. The first kappa shape index (κ1) is 15.0. The summed E-state index contributed by atoms with van der Waals surface area (Å²) in [6.07, 6.45) is 4.10. The van der Waals surface area contributed by atoms with E-state index in [1.54, 1.807) is 6.07 Å². The van der Waals surface area contributed by atoms with Crippen molar-refractivity contribution >= 4 is 21.4 Å². The maximum absolute atomic E-state index is 12.2. The molecule has 2 rings (SSSR count). The lowest BCUT2D eigenvalue weighted by Gasteiger charge is -2.03. The standard InChI is InChI=1S/C13H22N2O2S2/c1-3-4-10-9-12(10)15-19(16,17)13-6-5-11(18-13)7-8-14-2/h5-6,10,12,14-15H,3-4,7-9H2,1-2H3. The molecule has 0 spiro atoms. The molecule has 19 heavy (non-hydrogen) atoms. The van der Waals surface area contributed by atoms with E-state index in [9.17, 15) is 8.42 Å². The van der Waals surface area contributed by atoms with Crippen molar-refractivity contribution < 1.29 is 8.42 Å². The Labute approximate surface area is 119 Å². The van der Waals surface area contributed by atoms with Crippen molar-refractivity contribution in [2.75, 3.05) is 13.6 Å². The summed E-state index contributed by atoms with van der Waals surface area (Å²) in [6, 6.07) is 3.79. The van der Waals surface area contributed by atoms with Crippen LogP contribution < -0.4 is 10.0 Å². The van der Waals surface area contributed by atoms with Crippen molar-refractivity contribution in [1.82, 2.24) is 10.0 Å². The first-order valence-electron chi connectivity index (χ1n) is 6.82. The van der Waals surface area contributed by atoms with Gasteiger partial charge in [0.05, 0.1) is 0 Å². The lowest BCUT2D eigenvalue weighted by atomic mass is 10.2. The molecule has 0 aromatic carbocycles. The molecule has 0 amide bonds. The molecule has 1 saturated carbocycles. The van der Waals surface area contributed by atoms with E-state index in [2.05, 4.69) is 17.0 Å². The van der Waals surface area contributed by atoms with Gasteiger partial charge in [-0.25, -0.2) is 13.1 Å². The second-order valence-corrected chi connectivity index (χ2v) is 8.20. The Hall–Kier alpha value is -0.430. The molecule has 1 fully saturated rings. The van der Waals surface area contributed by atoms with E-state index in [1.165, 1.54) is 11.3 Å². The number of hydrogen-bond donors (Lipinski definition) is 2. The lowest BCUT2D eigenvalue weighted by molar-refractivity contribution is 0.575. The van der Waals surface area contributed by atoms with E-state index in [1.807, 2.05) is 13.1 Å². The van der Waals surface area contributed by atoms with Crippen LogP contribution in [0.3, 0.4) is 0 Å². The fraction of sp³-hybridized carbons (Fsp3) is 0.692. The summed E-state index contributed by atoms with van der Waals surface area (Å²) in [6.45, 7) is 3.01. The smallest absolute Gasteiger partial charge is 0.250 e. The van der Waals surface area contributed by atoms with E-state index < -0.39 is 10.0 Å². The van der Waals surface area contributed by atoms with Gasteiger partial charge in [0.15, 0.2) is 0 Å². The van der Waals surface area contributed by atoms with Gasteiger partial charge in [-0.05, 0) is 50.9 Å². The predicted molar refractivity (Wildman–Crippen MR) is 79.1 cm³/mol. The molecule has 4 nitrogen and oxygen atoms in total. The Morgan fingerprint density at radius 1 is 1.42 bits per heavy atom. The summed E-state index contributed by atoms with van der Waals surface area (Å²) >= 11 is 1.37. The molecule has 1 aliphatic carbocycles. The molecule has 0 saturated heterocycles. The van der Waals surface area contributed by atoms with Crippen LogP contribution in [0.1, 0.15) is 31.1 Å². The molecular weight excluding hydrogens is 280 g/mol. The third-order valence-corrected chi connectivity index (χ3v) is 6.54. The van der Waals surface area contributed by atoms with Crippen LogP contribution >= 0.6 is 11.3 Å². The van der Waals surface area contributed by atoms with Gasteiger partial charge >= 0.3 is 0 Å². The van der Waals surface area contributed by atoms with Crippen molar-refractivity contribution in [3.63, 3.8) is 0 Å². The molecular formula is C13H22N2O2S2. The van der Waals surface area contributed by atoms with E-state index in [4.69, 9.17) is 0 Å². The molecule has 0 bridgehead atoms. The molecule has 0 radical (unpaired) electrons. The fourth-order valence-corrected chi connectivity index (χ4v) is 4.91. The summed E-state index contributed by atoms with van der Waals surface area (Å²) in [4.78, 5) is 1.11. The van der Waals surface area contributed by atoms with E-state index in [-0.39, 0.29) is 6.04 Å². The monoisotopic (exact) mass is 302 g/mol. The van der Waals surface area contributed by atoms with Crippen LogP contribution in [0.2, 0.25) is 0 Å². The van der Waals surface area contributed by atoms with E-state index in [0.29, 0.717) is 10.1 Å². The zero-order chi connectivity index (χ0) is 13.9. The molecule has 1 aliphatic rings. The van der Waals surface area contributed by atoms with Crippen LogP contribution in [0.4, 0.5) is 0 Å². The normalized spacial score (nSPS) is 22.6. The van der Waals surface area contributed by atoms with Crippen molar-refractivity contribution in [3.05, 3.63) is 17.0 Å². The number of nitrogens with one attached hydrogen (secondary N) is 2. The molecule has 1 aromatic rings. The van der Waals surface area contributed by atoms with Gasteiger partial charge < -0.3 is 5.32 Å². The van der Waals surface area contributed by atoms with Crippen molar-refractivity contribution in [2.45, 2.75) is 42.9 Å². The van der Waals surface area contributed by atoms with Crippen molar-refractivity contribution in [1.29, 1.82) is 0 Å². The van der Waals surface area contributed by atoms with Crippen molar-refractivity contribution in [3.8, 4) is 0 Å². The number of thiophene rings is 1. The number of hydrogen-bond acceptors (Lipinski definition) is 4. The topological polar surface area (TPSA) is 58.2 Å². The molecule has 0 aliphatic heterocycles. The lowest BCUT2D eigenvalue weighted by Crippen LogP contribution is -2.26. The molecule has 2 atom stereocenters. The Morgan fingerprint density at radius 2 is 2.21 bits per heavy atom. The highest BCUT2D eigenvalue weighted by Crippen LogP contribution is 2.36. The second kappa shape index (κ2) is 6.35. The van der Waals surface area contributed by atoms with Crippen LogP contribution in [0, 0.1) is 5.92 Å². The maximum Gasteiger partial charge on any atom is 0.250 e. The van der Waals surface area contributed by atoms with Gasteiger partial charge in [-0.3, -0.25) is 0 Å². The summed E-state index contributed by atoms with van der Waals surface area (Å²) < 4.78 is 27.7.